The van der Waals surface area contributed by atoms with Crippen LogP contribution in [0.1, 0.15) is 23.1 Å². The lowest BCUT2D eigenvalue weighted by molar-refractivity contribution is 0.0697. The summed E-state index contributed by atoms with van der Waals surface area (Å²) in [5.41, 5.74) is 1.99. The number of nitrogens with zero attached hydrogens (tertiary/aromatic N) is 4. The van der Waals surface area contributed by atoms with Crippen LogP contribution in [0.15, 0.2) is 36.9 Å². The number of hydrogen-bond donors (Lipinski definition) is 1. The predicted octanol–water partition coefficient (Wildman–Crippen LogP) is 2.19. The molecule has 0 aliphatic rings. The van der Waals surface area contributed by atoms with E-state index in [-0.39, 0.29) is 5.56 Å². The number of fused-ring (bicyclic) bond motifs is 1. The maximum atomic E-state index is 11.1. The van der Waals surface area contributed by atoms with Crippen LogP contribution in [0.2, 0.25) is 0 Å². The Balaban J connectivity index is 2.00. The van der Waals surface area contributed by atoms with Crippen LogP contribution in [0.3, 0.4) is 0 Å². The number of hydrogen-bond acceptors (Lipinski definition) is 3. The predicted molar refractivity (Wildman–Crippen MR) is 78.3 cm³/mol. The number of imidazole rings is 2. The molecule has 0 radical (unpaired) electrons. The van der Waals surface area contributed by atoms with Crippen molar-refractivity contribution in [1.29, 1.82) is 0 Å². The van der Waals surface area contributed by atoms with Gasteiger partial charge < -0.3 is 14.2 Å². The normalized spacial score (nSPS) is 11.1. The third kappa shape index (κ3) is 2.52. The minimum absolute atomic E-state index is 0.286. The first-order chi connectivity index (χ1) is 10.2. The second kappa shape index (κ2) is 5.40. The van der Waals surface area contributed by atoms with Gasteiger partial charge in [0.05, 0.1) is 22.9 Å². The third-order valence-corrected chi connectivity index (χ3v) is 3.53. The molecule has 0 saturated carbocycles. The van der Waals surface area contributed by atoms with E-state index in [0.29, 0.717) is 0 Å². The van der Waals surface area contributed by atoms with E-state index in [1.807, 2.05) is 17.7 Å². The van der Waals surface area contributed by atoms with Crippen LogP contribution in [0.5, 0.6) is 0 Å². The summed E-state index contributed by atoms with van der Waals surface area (Å²) in [6, 6.07) is 5.06. The summed E-state index contributed by atoms with van der Waals surface area (Å²) >= 11 is 0. The maximum absolute atomic E-state index is 11.1. The zero-order chi connectivity index (χ0) is 14.8. The second-order valence-corrected chi connectivity index (χ2v) is 4.84. The quantitative estimate of drug-likeness (QED) is 0.779. The van der Waals surface area contributed by atoms with Crippen molar-refractivity contribution in [2.75, 3.05) is 0 Å². The van der Waals surface area contributed by atoms with Gasteiger partial charge in [0.25, 0.3) is 0 Å². The number of aromatic carboxylic acids is 1. The molecule has 21 heavy (non-hydrogen) atoms. The average molecular weight is 284 g/mol. The number of carboxylic acids is 1. The first kappa shape index (κ1) is 13.4. The zero-order valence-corrected chi connectivity index (χ0v) is 11.7. The van der Waals surface area contributed by atoms with Gasteiger partial charge in [-0.3, -0.25) is 0 Å². The molecule has 1 aromatic carbocycles. The Bertz CT molecular complexity index is 774. The molecule has 0 aliphatic heterocycles. The topological polar surface area (TPSA) is 72.9 Å². The molecule has 0 amide bonds. The molecule has 1 N–H and O–H groups in total. The highest BCUT2D eigenvalue weighted by atomic mass is 16.4. The molecule has 0 saturated heterocycles. The van der Waals surface area contributed by atoms with Crippen molar-refractivity contribution in [1.82, 2.24) is 19.1 Å². The standard InChI is InChI=1S/C15H16N4O2/c1-2-14-17-12-4-3-11(15(20)21)9-13(12)19(14)8-7-18-6-5-16-10-18/h3-6,9-10H,2,7-8H2,1H3,(H,20,21). The Kier molecular flexibility index (Phi) is 3.43. The molecule has 0 unspecified atom stereocenters. The van der Waals surface area contributed by atoms with Crippen LogP contribution >= 0.6 is 0 Å². The van der Waals surface area contributed by atoms with E-state index in [1.54, 1.807) is 30.7 Å². The van der Waals surface area contributed by atoms with Crippen molar-refractivity contribution in [3.63, 3.8) is 0 Å². The summed E-state index contributed by atoms with van der Waals surface area (Å²) in [6.45, 7) is 3.56. The van der Waals surface area contributed by atoms with Gasteiger partial charge in [0.2, 0.25) is 0 Å². The number of rotatable bonds is 5. The summed E-state index contributed by atoms with van der Waals surface area (Å²) < 4.78 is 4.08. The molecule has 6 heteroatoms. The molecule has 108 valence electrons. The highest BCUT2D eigenvalue weighted by Gasteiger charge is 2.12. The monoisotopic (exact) mass is 284 g/mol. The fraction of sp³-hybridized carbons (Fsp3) is 0.267. The van der Waals surface area contributed by atoms with E-state index in [2.05, 4.69) is 14.5 Å². The molecular formula is C15H16N4O2. The molecule has 0 spiro atoms. The zero-order valence-electron chi connectivity index (χ0n) is 11.7. The van der Waals surface area contributed by atoms with Gasteiger partial charge >= 0.3 is 5.97 Å². The van der Waals surface area contributed by atoms with E-state index < -0.39 is 5.97 Å². The Hall–Kier alpha value is -2.63. The molecule has 2 aromatic heterocycles. The molecule has 2 heterocycles. The molecule has 0 fully saturated rings. The van der Waals surface area contributed by atoms with Crippen LogP contribution < -0.4 is 0 Å². The smallest absolute Gasteiger partial charge is 0.335 e. The minimum atomic E-state index is -0.919. The molecule has 3 rings (SSSR count). The van der Waals surface area contributed by atoms with Gasteiger partial charge in [-0.05, 0) is 18.2 Å². The van der Waals surface area contributed by atoms with Gasteiger partial charge in [-0.25, -0.2) is 14.8 Å². The Labute approximate surface area is 121 Å². The highest BCUT2D eigenvalue weighted by Crippen LogP contribution is 2.19. The summed E-state index contributed by atoms with van der Waals surface area (Å²) in [5.74, 6) is 0.0463. The van der Waals surface area contributed by atoms with Crippen LogP contribution in [0, 0.1) is 0 Å². The van der Waals surface area contributed by atoms with E-state index in [0.717, 1.165) is 36.4 Å². The van der Waals surface area contributed by atoms with Crippen molar-refractivity contribution >= 4 is 17.0 Å². The summed E-state index contributed by atoms with van der Waals surface area (Å²) in [7, 11) is 0. The number of carbonyl (C=O) groups is 1. The molecule has 0 atom stereocenters. The van der Waals surface area contributed by atoms with Gasteiger partial charge in [-0.15, -0.1) is 0 Å². The molecule has 0 bridgehead atoms. The SMILES string of the molecule is CCc1nc2ccc(C(=O)O)cc2n1CCn1ccnc1. The van der Waals surface area contributed by atoms with Crippen LogP contribution in [0.4, 0.5) is 0 Å². The average Bonchev–Trinajstić information content (AvgIpc) is 3.11. The summed E-state index contributed by atoms with van der Waals surface area (Å²) in [4.78, 5) is 19.7. The first-order valence-electron chi connectivity index (χ1n) is 6.87. The lowest BCUT2D eigenvalue weighted by Gasteiger charge is -2.09. The van der Waals surface area contributed by atoms with Gasteiger partial charge in [-0.2, -0.15) is 0 Å². The van der Waals surface area contributed by atoms with Gasteiger partial charge in [0, 0.05) is 31.9 Å². The van der Waals surface area contributed by atoms with Crippen molar-refractivity contribution in [3.8, 4) is 0 Å². The Morgan fingerprint density at radius 1 is 1.33 bits per heavy atom. The highest BCUT2D eigenvalue weighted by molar-refractivity contribution is 5.92. The first-order valence-corrected chi connectivity index (χ1v) is 6.87. The number of benzene rings is 1. The van der Waals surface area contributed by atoms with Crippen LogP contribution in [-0.4, -0.2) is 30.2 Å². The molecule has 6 nitrogen and oxygen atoms in total. The minimum Gasteiger partial charge on any atom is -0.478 e. The van der Waals surface area contributed by atoms with E-state index >= 15 is 0 Å². The summed E-state index contributed by atoms with van der Waals surface area (Å²) in [6.07, 6.45) is 6.23. The van der Waals surface area contributed by atoms with Crippen LogP contribution in [0.25, 0.3) is 11.0 Å². The van der Waals surface area contributed by atoms with E-state index in [9.17, 15) is 4.79 Å². The van der Waals surface area contributed by atoms with Gasteiger partial charge in [0.15, 0.2) is 0 Å². The Morgan fingerprint density at radius 2 is 2.19 bits per heavy atom. The number of aromatic nitrogens is 4. The fourth-order valence-electron chi connectivity index (χ4n) is 2.46. The maximum Gasteiger partial charge on any atom is 0.335 e. The largest absolute Gasteiger partial charge is 0.478 e. The van der Waals surface area contributed by atoms with Crippen molar-refractivity contribution < 1.29 is 9.90 Å². The van der Waals surface area contributed by atoms with Crippen molar-refractivity contribution in [2.45, 2.75) is 26.4 Å². The molecular weight excluding hydrogens is 268 g/mol. The lowest BCUT2D eigenvalue weighted by Crippen LogP contribution is -2.09. The summed E-state index contributed by atoms with van der Waals surface area (Å²) in [5, 5.41) is 9.14. The number of aryl methyl sites for hydroxylation is 3. The molecule has 0 aliphatic carbocycles. The molecule has 3 aromatic rings. The lowest BCUT2D eigenvalue weighted by atomic mass is 10.2. The second-order valence-electron chi connectivity index (χ2n) is 4.84. The Morgan fingerprint density at radius 3 is 2.86 bits per heavy atom. The van der Waals surface area contributed by atoms with Crippen molar-refractivity contribution in [2.24, 2.45) is 0 Å². The van der Waals surface area contributed by atoms with Gasteiger partial charge in [0.1, 0.15) is 5.82 Å². The fourth-order valence-corrected chi connectivity index (χ4v) is 2.46. The third-order valence-electron chi connectivity index (χ3n) is 3.53. The van der Waals surface area contributed by atoms with Crippen LogP contribution in [-0.2, 0) is 19.5 Å². The van der Waals surface area contributed by atoms with E-state index in [4.69, 9.17) is 5.11 Å². The van der Waals surface area contributed by atoms with E-state index in [1.165, 1.54) is 0 Å². The van der Waals surface area contributed by atoms with Gasteiger partial charge in [-0.1, -0.05) is 6.92 Å². The number of carboxylic acid groups (broad SMARTS) is 1. The van der Waals surface area contributed by atoms with Crippen molar-refractivity contribution in [3.05, 3.63) is 48.3 Å².